The van der Waals surface area contributed by atoms with E-state index in [0.717, 1.165) is 5.69 Å². The van der Waals surface area contributed by atoms with Crippen molar-refractivity contribution in [2.24, 2.45) is 10.9 Å². The highest BCUT2D eigenvalue weighted by Gasteiger charge is 2.01. The lowest BCUT2D eigenvalue weighted by Crippen LogP contribution is -2.15. The van der Waals surface area contributed by atoms with Crippen LogP contribution in [0.5, 0.6) is 5.75 Å². The summed E-state index contributed by atoms with van der Waals surface area (Å²) in [5, 5.41) is 11.3. The van der Waals surface area contributed by atoms with E-state index in [1.165, 1.54) is 0 Å². The lowest BCUT2D eigenvalue weighted by Gasteiger charge is -2.09. The van der Waals surface area contributed by atoms with E-state index in [9.17, 15) is 0 Å². The molecule has 1 heterocycles. The highest BCUT2D eigenvalue weighted by molar-refractivity contribution is 5.81. The molecule has 0 aliphatic carbocycles. The van der Waals surface area contributed by atoms with E-state index in [-0.39, 0.29) is 11.9 Å². The average Bonchev–Trinajstić information content (AvgIpc) is 2.20. The smallest absolute Gasteiger partial charge is 0.145 e. The molecule has 0 saturated heterocycles. The molecule has 0 aliphatic heterocycles. The first-order valence-electron chi connectivity index (χ1n) is 4.70. The molecule has 15 heavy (non-hydrogen) atoms. The van der Waals surface area contributed by atoms with Crippen molar-refractivity contribution in [2.75, 3.05) is 0 Å². The van der Waals surface area contributed by atoms with Gasteiger partial charge in [-0.2, -0.15) is 0 Å². The zero-order valence-electron chi connectivity index (χ0n) is 8.84. The van der Waals surface area contributed by atoms with Gasteiger partial charge in [0.15, 0.2) is 0 Å². The Morgan fingerprint density at radius 3 is 2.80 bits per heavy atom. The molecule has 0 aromatic carbocycles. The first kappa shape index (κ1) is 11.3. The van der Waals surface area contributed by atoms with Crippen molar-refractivity contribution < 1.29 is 9.94 Å². The minimum absolute atomic E-state index is 0.127. The highest BCUT2D eigenvalue weighted by Crippen LogP contribution is 2.11. The molecule has 0 amide bonds. The number of nitrogens with two attached hydrogens (primary N) is 1. The molecular formula is C10H15N3O2. The van der Waals surface area contributed by atoms with E-state index in [2.05, 4.69) is 10.1 Å². The van der Waals surface area contributed by atoms with E-state index in [1.54, 1.807) is 12.3 Å². The maximum Gasteiger partial charge on any atom is 0.145 e. The standard InChI is InChI=1S/C10H15N3O2/c1-7(2)15-9-4-3-8(12-6-9)5-10(11)13-14/h3-4,6-7,14H,5H2,1-2H3,(H2,11,13). The number of ether oxygens (including phenoxy) is 1. The number of oxime groups is 1. The van der Waals surface area contributed by atoms with E-state index in [0.29, 0.717) is 12.2 Å². The largest absolute Gasteiger partial charge is 0.489 e. The quantitative estimate of drug-likeness (QED) is 0.337. The maximum absolute atomic E-state index is 8.38. The maximum atomic E-state index is 8.38. The normalized spacial score (nSPS) is 11.8. The molecule has 0 unspecified atom stereocenters. The van der Waals surface area contributed by atoms with Gasteiger partial charge in [0.25, 0.3) is 0 Å². The van der Waals surface area contributed by atoms with Crippen LogP contribution in [0.25, 0.3) is 0 Å². The minimum Gasteiger partial charge on any atom is -0.489 e. The van der Waals surface area contributed by atoms with Gasteiger partial charge in [-0.1, -0.05) is 5.16 Å². The van der Waals surface area contributed by atoms with Gasteiger partial charge in [0, 0.05) is 5.69 Å². The van der Waals surface area contributed by atoms with E-state index in [4.69, 9.17) is 15.7 Å². The van der Waals surface area contributed by atoms with Gasteiger partial charge in [-0.25, -0.2) is 0 Å². The molecule has 5 nitrogen and oxygen atoms in total. The van der Waals surface area contributed by atoms with Crippen LogP contribution in [0.4, 0.5) is 0 Å². The summed E-state index contributed by atoms with van der Waals surface area (Å²) in [4.78, 5) is 4.12. The molecule has 82 valence electrons. The fraction of sp³-hybridized carbons (Fsp3) is 0.400. The van der Waals surface area contributed by atoms with E-state index < -0.39 is 0 Å². The van der Waals surface area contributed by atoms with Gasteiger partial charge in [-0.15, -0.1) is 0 Å². The first-order valence-corrected chi connectivity index (χ1v) is 4.70. The van der Waals surface area contributed by atoms with Crippen molar-refractivity contribution in [3.63, 3.8) is 0 Å². The van der Waals surface area contributed by atoms with Gasteiger partial charge in [0.2, 0.25) is 0 Å². The van der Waals surface area contributed by atoms with Crippen molar-refractivity contribution in [3.05, 3.63) is 24.0 Å². The summed E-state index contributed by atoms with van der Waals surface area (Å²) < 4.78 is 5.43. The zero-order valence-corrected chi connectivity index (χ0v) is 8.84. The second-order valence-electron chi connectivity index (χ2n) is 3.42. The third-order valence-corrected chi connectivity index (χ3v) is 1.66. The van der Waals surface area contributed by atoms with Gasteiger partial charge in [-0.05, 0) is 26.0 Å². The van der Waals surface area contributed by atoms with Crippen LogP contribution in [0.15, 0.2) is 23.5 Å². The Kier molecular flexibility index (Phi) is 3.91. The summed E-state index contributed by atoms with van der Waals surface area (Å²) >= 11 is 0. The van der Waals surface area contributed by atoms with Crippen LogP contribution in [0.2, 0.25) is 0 Å². The Morgan fingerprint density at radius 1 is 1.60 bits per heavy atom. The minimum atomic E-state index is 0.127. The summed E-state index contributed by atoms with van der Waals surface area (Å²) in [5.41, 5.74) is 6.09. The Morgan fingerprint density at radius 2 is 2.33 bits per heavy atom. The van der Waals surface area contributed by atoms with Gasteiger partial charge in [0.05, 0.1) is 18.7 Å². The van der Waals surface area contributed by atoms with Crippen molar-refractivity contribution >= 4 is 5.84 Å². The Labute approximate surface area is 88.6 Å². The van der Waals surface area contributed by atoms with Crippen LogP contribution in [-0.4, -0.2) is 22.1 Å². The average molecular weight is 209 g/mol. The first-order chi connectivity index (χ1) is 7.11. The summed E-state index contributed by atoms with van der Waals surface area (Å²) in [6.07, 6.45) is 2.08. The lowest BCUT2D eigenvalue weighted by molar-refractivity contribution is 0.241. The lowest BCUT2D eigenvalue weighted by atomic mass is 10.2. The van der Waals surface area contributed by atoms with Crippen LogP contribution in [0, 0.1) is 0 Å². The number of hydrogen-bond acceptors (Lipinski definition) is 4. The molecule has 0 aliphatic rings. The second kappa shape index (κ2) is 5.19. The molecule has 0 spiro atoms. The molecule has 1 aromatic heterocycles. The fourth-order valence-electron chi connectivity index (χ4n) is 1.08. The van der Waals surface area contributed by atoms with Crippen molar-refractivity contribution in [2.45, 2.75) is 26.4 Å². The van der Waals surface area contributed by atoms with Crippen molar-refractivity contribution in [1.82, 2.24) is 4.98 Å². The van der Waals surface area contributed by atoms with Gasteiger partial charge in [-0.3, -0.25) is 4.98 Å². The van der Waals surface area contributed by atoms with Crippen LogP contribution in [-0.2, 0) is 6.42 Å². The summed E-state index contributed by atoms with van der Waals surface area (Å²) in [5.74, 6) is 0.855. The number of pyridine rings is 1. The van der Waals surface area contributed by atoms with Crippen molar-refractivity contribution in [1.29, 1.82) is 0 Å². The third kappa shape index (κ3) is 3.84. The molecule has 5 heteroatoms. The Hall–Kier alpha value is -1.78. The number of aromatic nitrogens is 1. The summed E-state index contributed by atoms with van der Waals surface area (Å²) in [6.45, 7) is 3.90. The molecular weight excluding hydrogens is 194 g/mol. The molecule has 1 aromatic rings. The molecule has 0 fully saturated rings. The van der Waals surface area contributed by atoms with Crippen LogP contribution in [0.1, 0.15) is 19.5 Å². The molecule has 3 N–H and O–H groups in total. The molecule has 0 bridgehead atoms. The predicted octanol–water partition coefficient (Wildman–Crippen LogP) is 1.16. The third-order valence-electron chi connectivity index (χ3n) is 1.66. The SMILES string of the molecule is CC(C)Oc1ccc(C/C(N)=N/O)nc1. The number of rotatable bonds is 4. The molecule has 0 radical (unpaired) electrons. The predicted molar refractivity (Wildman–Crippen MR) is 57.1 cm³/mol. The molecule has 0 saturated carbocycles. The highest BCUT2D eigenvalue weighted by atomic mass is 16.5. The van der Waals surface area contributed by atoms with Crippen LogP contribution >= 0.6 is 0 Å². The molecule has 0 atom stereocenters. The fourth-order valence-corrected chi connectivity index (χ4v) is 1.08. The van der Waals surface area contributed by atoms with Gasteiger partial charge < -0.3 is 15.7 Å². The van der Waals surface area contributed by atoms with Crippen LogP contribution in [0.3, 0.4) is 0 Å². The Balaban J connectivity index is 2.64. The van der Waals surface area contributed by atoms with E-state index in [1.807, 2.05) is 19.9 Å². The van der Waals surface area contributed by atoms with Crippen LogP contribution < -0.4 is 10.5 Å². The van der Waals surface area contributed by atoms with Gasteiger partial charge in [0.1, 0.15) is 11.6 Å². The number of nitrogens with zero attached hydrogens (tertiary/aromatic N) is 2. The van der Waals surface area contributed by atoms with Crippen molar-refractivity contribution in [3.8, 4) is 5.75 Å². The molecule has 1 rings (SSSR count). The zero-order chi connectivity index (χ0) is 11.3. The Bertz CT molecular complexity index is 333. The van der Waals surface area contributed by atoms with Gasteiger partial charge >= 0.3 is 0 Å². The summed E-state index contributed by atoms with van der Waals surface area (Å²) in [7, 11) is 0. The second-order valence-corrected chi connectivity index (χ2v) is 3.42. The topological polar surface area (TPSA) is 80.7 Å². The van der Waals surface area contributed by atoms with E-state index >= 15 is 0 Å². The number of amidine groups is 1. The number of hydrogen-bond donors (Lipinski definition) is 2. The summed E-state index contributed by atoms with van der Waals surface area (Å²) in [6, 6.07) is 3.60. The monoisotopic (exact) mass is 209 g/mol.